The van der Waals surface area contributed by atoms with Gasteiger partial charge in [0.05, 0.1) is 13.2 Å². The first kappa shape index (κ1) is 23.0. The lowest BCUT2D eigenvalue weighted by Gasteiger charge is -2.35. The lowest BCUT2D eigenvalue weighted by Crippen LogP contribution is -2.37. The van der Waals surface area contributed by atoms with Crippen molar-refractivity contribution in [3.8, 4) is 5.75 Å². The van der Waals surface area contributed by atoms with Gasteiger partial charge in [-0.25, -0.2) is 13.4 Å². The predicted molar refractivity (Wildman–Crippen MR) is 126 cm³/mol. The molecule has 0 aliphatic carbocycles. The monoisotopic (exact) mass is 458 g/mol. The molecule has 0 spiro atoms. The molecule has 1 aromatic carbocycles. The Bertz CT molecular complexity index is 952. The van der Waals surface area contributed by atoms with Crippen LogP contribution in [0.5, 0.6) is 5.75 Å². The van der Waals surface area contributed by atoms with Gasteiger partial charge in [-0.15, -0.1) is 0 Å². The molecule has 174 valence electrons. The van der Waals surface area contributed by atoms with Crippen molar-refractivity contribution in [3.05, 3.63) is 48.2 Å². The molecule has 1 aromatic heterocycles. The maximum absolute atomic E-state index is 12.9. The molecule has 0 amide bonds. The molecule has 1 atom stereocenters. The van der Waals surface area contributed by atoms with Crippen molar-refractivity contribution >= 4 is 15.8 Å². The van der Waals surface area contributed by atoms with Gasteiger partial charge in [-0.05, 0) is 68.6 Å². The second-order valence-corrected chi connectivity index (χ2v) is 10.5. The number of hydrogen-bond donors (Lipinski definition) is 1. The number of ether oxygens (including phenoxy) is 1. The van der Waals surface area contributed by atoms with Gasteiger partial charge in [0.25, 0.3) is 0 Å². The van der Waals surface area contributed by atoms with Crippen molar-refractivity contribution in [3.63, 3.8) is 0 Å². The third kappa shape index (κ3) is 5.42. The number of methoxy groups -OCH3 is 1. The van der Waals surface area contributed by atoms with E-state index >= 15 is 0 Å². The molecule has 2 saturated heterocycles. The third-order valence-electron chi connectivity index (χ3n) is 6.50. The van der Waals surface area contributed by atoms with Gasteiger partial charge in [0.1, 0.15) is 16.5 Å². The first-order chi connectivity index (χ1) is 15.6. The van der Waals surface area contributed by atoms with E-state index in [2.05, 4.69) is 27.3 Å². The lowest BCUT2D eigenvalue weighted by molar-refractivity contribution is 0.170. The number of likely N-dealkylation sites (tertiary alicyclic amines) is 1. The smallest absolute Gasteiger partial charge is 0.244 e. The molecular weight excluding hydrogens is 424 g/mol. The van der Waals surface area contributed by atoms with Crippen LogP contribution in [0.3, 0.4) is 0 Å². The quantitative estimate of drug-likeness (QED) is 0.647. The summed E-state index contributed by atoms with van der Waals surface area (Å²) in [7, 11) is -1.77. The zero-order chi connectivity index (χ0) is 22.4. The number of pyridine rings is 1. The number of benzene rings is 1. The molecule has 32 heavy (non-hydrogen) atoms. The van der Waals surface area contributed by atoms with Gasteiger partial charge in [0.2, 0.25) is 10.0 Å². The minimum absolute atomic E-state index is 0.222. The van der Waals surface area contributed by atoms with Crippen molar-refractivity contribution in [1.29, 1.82) is 0 Å². The number of rotatable bonds is 8. The second kappa shape index (κ2) is 10.6. The Hall–Kier alpha value is -2.16. The van der Waals surface area contributed by atoms with Crippen molar-refractivity contribution in [2.24, 2.45) is 0 Å². The Balaban J connectivity index is 1.45. The molecule has 2 aromatic rings. The second-order valence-electron chi connectivity index (χ2n) is 8.61. The maximum Gasteiger partial charge on any atom is 0.244 e. The van der Waals surface area contributed by atoms with Crippen LogP contribution in [0.15, 0.2) is 47.5 Å². The first-order valence-corrected chi connectivity index (χ1v) is 13.1. The highest BCUT2D eigenvalue weighted by Crippen LogP contribution is 2.27. The van der Waals surface area contributed by atoms with E-state index in [-0.39, 0.29) is 10.9 Å². The molecule has 4 rings (SSSR count). The summed E-state index contributed by atoms with van der Waals surface area (Å²) in [5.41, 5.74) is 1.24. The van der Waals surface area contributed by atoms with Crippen LogP contribution in [0.2, 0.25) is 0 Å². The summed E-state index contributed by atoms with van der Waals surface area (Å²) in [6.45, 7) is 4.07. The highest BCUT2D eigenvalue weighted by atomic mass is 32.2. The van der Waals surface area contributed by atoms with Crippen molar-refractivity contribution < 1.29 is 13.2 Å². The number of anilines is 1. The first-order valence-electron chi connectivity index (χ1n) is 11.7. The summed E-state index contributed by atoms with van der Waals surface area (Å²) in [5.74, 6) is 1.55. The fraction of sp³-hybridized carbons (Fsp3) is 0.542. The number of hydrogen-bond acceptors (Lipinski definition) is 6. The third-order valence-corrected chi connectivity index (χ3v) is 8.38. The van der Waals surface area contributed by atoms with Crippen LogP contribution in [0.25, 0.3) is 0 Å². The van der Waals surface area contributed by atoms with Gasteiger partial charge in [0, 0.05) is 25.8 Å². The Labute approximate surface area is 191 Å². The van der Waals surface area contributed by atoms with E-state index in [0.717, 1.165) is 38.1 Å². The summed E-state index contributed by atoms with van der Waals surface area (Å²) < 4.78 is 32.6. The number of piperidine rings is 2. The zero-order valence-corrected chi connectivity index (χ0v) is 19.7. The normalized spacial score (nSPS) is 19.4. The Kier molecular flexibility index (Phi) is 7.65. The predicted octanol–water partition coefficient (Wildman–Crippen LogP) is 3.90. The molecule has 0 radical (unpaired) electrons. The van der Waals surface area contributed by atoms with Crippen LogP contribution < -0.4 is 10.1 Å². The van der Waals surface area contributed by atoms with Gasteiger partial charge in [0.15, 0.2) is 0 Å². The molecule has 2 aliphatic heterocycles. The molecule has 8 heteroatoms. The number of nitrogens with zero attached hydrogens (tertiary/aromatic N) is 3. The molecule has 3 heterocycles. The van der Waals surface area contributed by atoms with Crippen LogP contribution in [0.1, 0.15) is 50.1 Å². The molecule has 2 aliphatic rings. The van der Waals surface area contributed by atoms with Gasteiger partial charge in [-0.1, -0.05) is 25.0 Å². The molecule has 1 unspecified atom stereocenters. The summed E-state index contributed by atoms with van der Waals surface area (Å²) in [6, 6.07) is 11.9. The van der Waals surface area contributed by atoms with E-state index in [1.165, 1.54) is 31.0 Å². The summed E-state index contributed by atoms with van der Waals surface area (Å²) in [5, 5.41) is 3.43. The van der Waals surface area contributed by atoms with Crippen LogP contribution in [0, 0.1) is 0 Å². The number of nitrogens with one attached hydrogen (secondary N) is 1. The highest BCUT2D eigenvalue weighted by Gasteiger charge is 2.26. The van der Waals surface area contributed by atoms with Gasteiger partial charge >= 0.3 is 0 Å². The maximum atomic E-state index is 12.9. The van der Waals surface area contributed by atoms with E-state index in [0.29, 0.717) is 25.5 Å². The molecule has 1 N–H and O–H groups in total. The SMILES string of the molecule is COc1ccc(C(CNc2ccc(S(=O)(=O)N3CCCCC3)cn2)N2CCCCC2)cc1. The standard InChI is InChI=1S/C24H34N4O3S/c1-31-21-10-8-20(9-11-21)23(27-14-4-2-5-15-27)19-26-24-13-12-22(18-25-24)32(29,30)28-16-6-3-7-17-28/h8-13,18,23H,2-7,14-17,19H2,1H3,(H,25,26). The Morgan fingerprint density at radius 2 is 1.59 bits per heavy atom. The lowest BCUT2D eigenvalue weighted by atomic mass is 10.0. The number of aromatic nitrogens is 1. The fourth-order valence-corrected chi connectivity index (χ4v) is 6.07. The molecule has 7 nitrogen and oxygen atoms in total. The average Bonchev–Trinajstić information content (AvgIpc) is 2.86. The molecular formula is C24H34N4O3S. The Morgan fingerprint density at radius 3 is 2.19 bits per heavy atom. The topological polar surface area (TPSA) is 74.8 Å². The largest absolute Gasteiger partial charge is 0.497 e. The van der Waals surface area contributed by atoms with Crippen molar-refractivity contribution in [2.75, 3.05) is 45.2 Å². The van der Waals surface area contributed by atoms with Crippen molar-refractivity contribution in [2.45, 2.75) is 49.5 Å². The zero-order valence-electron chi connectivity index (χ0n) is 18.9. The van der Waals surface area contributed by atoms with Gasteiger partial charge < -0.3 is 10.1 Å². The Morgan fingerprint density at radius 1 is 0.938 bits per heavy atom. The van der Waals surface area contributed by atoms with Crippen LogP contribution >= 0.6 is 0 Å². The van der Waals surface area contributed by atoms with E-state index in [1.54, 1.807) is 23.5 Å². The average molecular weight is 459 g/mol. The van der Waals surface area contributed by atoms with E-state index in [9.17, 15) is 8.42 Å². The molecule has 0 bridgehead atoms. The van der Waals surface area contributed by atoms with Crippen LogP contribution in [-0.2, 0) is 10.0 Å². The minimum Gasteiger partial charge on any atom is -0.497 e. The summed E-state index contributed by atoms with van der Waals surface area (Å²) in [6.07, 6.45) is 8.15. The van der Waals surface area contributed by atoms with E-state index in [1.807, 2.05) is 12.1 Å². The number of sulfonamides is 1. The molecule has 2 fully saturated rings. The summed E-state index contributed by atoms with van der Waals surface area (Å²) >= 11 is 0. The van der Waals surface area contributed by atoms with Gasteiger partial charge in [-0.3, -0.25) is 4.90 Å². The minimum atomic E-state index is -3.45. The van der Waals surface area contributed by atoms with E-state index in [4.69, 9.17) is 4.74 Å². The van der Waals surface area contributed by atoms with Crippen LogP contribution in [-0.4, -0.2) is 62.4 Å². The highest BCUT2D eigenvalue weighted by molar-refractivity contribution is 7.89. The molecule has 0 saturated carbocycles. The fourth-order valence-electron chi connectivity index (χ4n) is 4.61. The van der Waals surface area contributed by atoms with Crippen molar-refractivity contribution in [1.82, 2.24) is 14.2 Å². The van der Waals surface area contributed by atoms with Gasteiger partial charge in [-0.2, -0.15) is 4.31 Å². The van der Waals surface area contributed by atoms with E-state index < -0.39 is 10.0 Å². The summed E-state index contributed by atoms with van der Waals surface area (Å²) in [4.78, 5) is 7.21. The van der Waals surface area contributed by atoms with Crippen LogP contribution in [0.4, 0.5) is 5.82 Å².